The molecule has 1 aromatic carbocycles. The van der Waals surface area contributed by atoms with Crippen molar-refractivity contribution in [2.24, 2.45) is 10.8 Å². The van der Waals surface area contributed by atoms with E-state index >= 15 is 0 Å². The molecule has 12 heteroatoms. The van der Waals surface area contributed by atoms with Gasteiger partial charge in [-0.15, -0.1) is 0 Å². The number of ether oxygens (including phenoxy) is 2. The summed E-state index contributed by atoms with van der Waals surface area (Å²) >= 11 is 12.8. The van der Waals surface area contributed by atoms with Crippen LogP contribution in [0.1, 0.15) is 84.5 Å². The number of aromatic nitrogens is 2. The van der Waals surface area contributed by atoms with E-state index in [1.165, 1.54) is 12.4 Å². The summed E-state index contributed by atoms with van der Waals surface area (Å²) in [6.07, 6.45) is 5.75. The van der Waals surface area contributed by atoms with E-state index in [1.807, 2.05) is 0 Å². The summed E-state index contributed by atoms with van der Waals surface area (Å²) in [4.78, 5) is 15.4. The molecule has 0 amide bonds. The van der Waals surface area contributed by atoms with Gasteiger partial charge in [0.25, 0.3) is 0 Å². The number of rotatable bonds is 10. The second-order valence-corrected chi connectivity index (χ2v) is 12.8. The van der Waals surface area contributed by atoms with Crippen LogP contribution >= 0.6 is 23.2 Å². The SMILES string of the molecule is O=C(O)c1cc(OCC23CCC(COCc4c(-c5c(Cl)cncc5Cl)noc4C4CC4)(CC2)CC3)cc(C(F)(F)F)c1. The number of carboxylic acids is 1. The quantitative estimate of drug-likeness (QED) is 0.241. The van der Waals surface area contributed by atoms with E-state index in [2.05, 4.69) is 10.1 Å². The number of hydrogen-bond acceptors (Lipinski definition) is 6. The van der Waals surface area contributed by atoms with Gasteiger partial charge in [-0.25, -0.2) is 4.79 Å². The lowest BCUT2D eigenvalue weighted by Gasteiger charge is -2.53. The first-order valence-corrected chi connectivity index (χ1v) is 14.7. The summed E-state index contributed by atoms with van der Waals surface area (Å²) in [5, 5.41) is 14.4. The minimum Gasteiger partial charge on any atom is -0.493 e. The van der Waals surface area contributed by atoms with E-state index in [4.69, 9.17) is 37.2 Å². The first-order chi connectivity index (χ1) is 20.0. The minimum absolute atomic E-state index is 0.0114. The van der Waals surface area contributed by atoms with E-state index in [0.717, 1.165) is 74.8 Å². The molecular weight excluding hydrogens is 596 g/mol. The molecular formula is C30H29Cl2F3N2O5. The van der Waals surface area contributed by atoms with Crippen LogP contribution < -0.4 is 4.74 Å². The van der Waals surface area contributed by atoms with Crippen LogP contribution in [0.5, 0.6) is 5.75 Å². The Morgan fingerprint density at radius 1 is 1.00 bits per heavy atom. The predicted octanol–water partition coefficient (Wildman–Crippen LogP) is 8.57. The summed E-state index contributed by atoms with van der Waals surface area (Å²) in [6, 6.07) is 2.65. The van der Waals surface area contributed by atoms with Gasteiger partial charge in [-0.1, -0.05) is 28.4 Å². The maximum absolute atomic E-state index is 13.3. The lowest BCUT2D eigenvalue weighted by molar-refractivity contribution is -0.137. The van der Waals surface area contributed by atoms with Gasteiger partial charge in [0.05, 0.1) is 41.0 Å². The highest BCUT2D eigenvalue weighted by atomic mass is 35.5. The molecule has 0 spiro atoms. The van der Waals surface area contributed by atoms with Crippen LogP contribution in [0.4, 0.5) is 13.2 Å². The number of carboxylic acid groups (broad SMARTS) is 1. The highest BCUT2D eigenvalue weighted by molar-refractivity contribution is 6.38. The van der Waals surface area contributed by atoms with Gasteiger partial charge < -0.3 is 19.1 Å². The zero-order chi connectivity index (χ0) is 29.7. The topological polar surface area (TPSA) is 94.7 Å². The van der Waals surface area contributed by atoms with Crippen LogP contribution in [0.2, 0.25) is 10.0 Å². The Bertz CT molecular complexity index is 1460. The zero-order valence-electron chi connectivity index (χ0n) is 22.6. The minimum atomic E-state index is -4.67. The number of alkyl halides is 3. The van der Waals surface area contributed by atoms with Gasteiger partial charge in [0.15, 0.2) is 0 Å². The third-order valence-electron chi connectivity index (χ3n) is 9.09. The highest BCUT2D eigenvalue weighted by Gasteiger charge is 2.49. The van der Waals surface area contributed by atoms with Gasteiger partial charge in [0, 0.05) is 34.9 Å². The van der Waals surface area contributed by atoms with Gasteiger partial charge in [0.1, 0.15) is 17.2 Å². The average molecular weight is 625 g/mol. The van der Waals surface area contributed by atoms with Crippen LogP contribution in [-0.4, -0.2) is 34.4 Å². The number of hydrogen-bond donors (Lipinski definition) is 1. The Balaban J connectivity index is 1.09. The number of nitrogens with zero attached hydrogens (tertiary/aromatic N) is 2. The fraction of sp³-hybridized carbons (Fsp3) is 0.500. The monoisotopic (exact) mass is 624 g/mol. The third-order valence-corrected chi connectivity index (χ3v) is 9.67. The molecule has 4 fully saturated rings. The lowest BCUT2D eigenvalue weighted by Crippen LogP contribution is -2.46. The maximum Gasteiger partial charge on any atom is 0.416 e. The van der Waals surface area contributed by atoms with E-state index < -0.39 is 23.3 Å². The molecule has 3 aromatic rings. The Morgan fingerprint density at radius 2 is 1.62 bits per heavy atom. The number of pyridine rings is 1. The van der Waals surface area contributed by atoms with E-state index in [-0.39, 0.29) is 23.2 Å². The molecule has 0 radical (unpaired) electrons. The van der Waals surface area contributed by atoms with Gasteiger partial charge in [-0.2, -0.15) is 13.2 Å². The average Bonchev–Trinajstić information content (AvgIpc) is 3.73. The van der Waals surface area contributed by atoms with Gasteiger partial charge in [0.2, 0.25) is 0 Å². The van der Waals surface area contributed by atoms with Crippen molar-refractivity contribution >= 4 is 29.2 Å². The molecule has 1 N–H and O–H groups in total. The fourth-order valence-electron chi connectivity index (χ4n) is 6.31. The van der Waals surface area contributed by atoms with Crippen molar-refractivity contribution in [2.75, 3.05) is 13.2 Å². The van der Waals surface area contributed by atoms with E-state index in [1.54, 1.807) is 0 Å². The van der Waals surface area contributed by atoms with Crippen LogP contribution in [0, 0.1) is 10.8 Å². The fourth-order valence-corrected chi connectivity index (χ4v) is 6.85. The van der Waals surface area contributed by atoms with Crippen molar-refractivity contribution in [3.05, 3.63) is 63.1 Å². The van der Waals surface area contributed by atoms with E-state index in [9.17, 15) is 23.1 Å². The van der Waals surface area contributed by atoms with Crippen molar-refractivity contribution in [2.45, 2.75) is 70.1 Å². The predicted molar refractivity (Wildman–Crippen MR) is 148 cm³/mol. The highest BCUT2D eigenvalue weighted by Crippen LogP contribution is 2.57. The number of benzene rings is 1. The van der Waals surface area contributed by atoms with Gasteiger partial charge >= 0.3 is 12.1 Å². The molecule has 42 heavy (non-hydrogen) atoms. The molecule has 0 saturated heterocycles. The lowest BCUT2D eigenvalue weighted by atomic mass is 9.54. The maximum atomic E-state index is 13.3. The zero-order valence-corrected chi connectivity index (χ0v) is 24.1. The summed E-state index contributed by atoms with van der Waals surface area (Å²) in [5.41, 5.74) is 0.391. The molecule has 4 saturated carbocycles. The van der Waals surface area contributed by atoms with Crippen LogP contribution in [0.15, 0.2) is 35.1 Å². The molecule has 0 atom stereocenters. The second-order valence-electron chi connectivity index (χ2n) is 12.0. The first kappa shape index (κ1) is 29.3. The Labute approximate surface area is 250 Å². The Kier molecular flexibility index (Phi) is 7.68. The first-order valence-electron chi connectivity index (χ1n) is 13.9. The Morgan fingerprint density at radius 3 is 2.19 bits per heavy atom. The smallest absolute Gasteiger partial charge is 0.416 e. The van der Waals surface area contributed by atoms with Crippen molar-refractivity contribution in [3.63, 3.8) is 0 Å². The largest absolute Gasteiger partial charge is 0.493 e. The van der Waals surface area contributed by atoms with Gasteiger partial charge in [-0.3, -0.25) is 4.98 Å². The molecule has 2 aromatic heterocycles. The second kappa shape index (κ2) is 11.0. The Hall–Kier alpha value is -2.82. The standard InChI is InChI=1S/C30H29Cl2F3N2O5/c31-22-12-36-13-23(32)24(22)25-21(26(42-37-25)17-1-2-17)14-40-15-28-3-6-29(7-4-28,8-5-28)16-41-20-10-18(27(38)39)9-19(11-20)30(33,34)35/h9-13,17H,1-8,14-16H2,(H,38,39). The number of carbonyl (C=O) groups is 1. The molecule has 2 bridgehead atoms. The third kappa shape index (κ3) is 5.85. The summed E-state index contributed by atoms with van der Waals surface area (Å²) in [5.74, 6) is -0.377. The molecule has 4 aliphatic carbocycles. The summed E-state index contributed by atoms with van der Waals surface area (Å²) in [6.45, 7) is 1.12. The normalized spacial score (nSPS) is 23.7. The number of aromatic carboxylic acids is 1. The molecule has 7 rings (SSSR count). The van der Waals surface area contributed by atoms with Crippen molar-refractivity contribution in [3.8, 4) is 17.0 Å². The number of halogens is 5. The molecule has 2 heterocycles. The van der Waals surface area contributed by atoms with E-state index in [0.29, 0.717) is 46.5 Å². The number of fused-ring (bicyclic) bond motifs is 3. The molecule has 0 aliphatic heterocycles. The molecule has 224 valence electrons. The summed E-state index contributed by atoms with van der Waals surface area (Å²) in [7, 11) is 0. The van der Waals surface area contributed by atoms with Crippen molar-refractivity contribution in [1.82, 2.24) is 10.1 Å². The molecule has 7 nitrogen and oxygen atoms in total. The van der Waals surface area contributed by atoms with Crippen LogP contribution in [-0.2, 0) is 17.5 Å². The molecule has 0 unspecified atom stereocenters. The molecule has 4 aliphatic rings. The van der Waals surface area contributed by atoms with Crippen molar-refractivity contribution < 1.29 is 37.1 Å². The van der Waals surface area contributed by atoms with Crippen LogP contribution in [0.25, 0.3) is 11.3 Å². The summed E-state index contributed by atoms with van der Waals surface area (Å²) < 4.78 is 57.8. The van der Waals surface area contributed by atoms with Crippen LogP contribution in [0.3, 0.4) is 0 Å². The van der Waals surface area contributed by atoms with Gasteiger partial charge in [-0.05, 0) is 75.0 Å². The van der Waals surface area contributed by atoms with Crippen molar-refractivity contribution in [1.29, 1.82) is 0 Å².